The number of benzene rings is 1. The Bertz CT molecular complexity index is 1200. The third-order valence-corrected chi connectivity index (χ3v) is 6.30. The molecule has 1 aliphatic rings. The monoisotopic (exact) mass is 503 g/mol. The van der Waals surface area contributed by atoms with Crippen LogP contribution in [0, 0.1) is 5.92 Å². The van der Waals surface area contributed by atoms with E-state index in [1.807, 2.05) is 15.5 Å². The number of hydrogen-bond donors (Lipinski definition) is 1. The minimum absolute atomic E-state index is 0.0794. The van der Waals surface area contributed by atoms with Crippen molar-refractivity contribution in [3.8, 4) is 5.75 Å². The molecule has 0 bridgehead atoms. The van der Waals surface area contributed by atoms with Gasteiger partial charge in [0.2, 0.25) is 11.8 Å². The summed E-state index contributed by atoms with van der Waals surface area (Å²) in [5, 5.41) is 2.99. The van der Waals surface area contributed by atoms with E-state index in [9.17, 15) is 22.8 Å². The van der Waals surface area contributed by atoms with Crippen molar-refractivity contribution in [1.82, 2.24) is 24.8 Å². The Balaban J connectivity index is 1.37. The average molecular weight is 504 g/mol. The fourth-order valence-corrected chi connectivity index (χ4v) is 4.37. The molecule has 0 aliphatic carbocycles. The van der Waals surface area contributed by atoms with Crippen molar-refractivity contribution in [3.05, 3.63) is 54.0 Å². The Morgan fingerprint density at radius 2 is 1.86 bits per heavy atom. The number of likely N-dealkylation sites (tertiary alicyclic amines) is 1. The van der Waals surface area contributed by atoms with Gasteiger partial charge in [0.1, 0.15) is 17.1 Å². The number of carbonyl (C=O) groups is 2. The molecule has 1 fully saturated rings. The lowest BCUT2D eigenvalue weighted by molar-refractivity contribution is -0.274. The highest BCUT2D eigenvalue weighted by molar-refractivity contribution is 5.76. The van der Waals surface area contributed by atoms with Gasteiger partial charge < -0.3 is 19.5 Å². The van der Waals surface area contributed by atoms with Gasteiger partial charge in [-0.15, -0.1) is 13.2 Å². The first-order valence-electron chi connectivity index (χ1n) is 11.8. The molecular weight excluding hydrogens is 475 g/mol. The van der Waals surface area contributed by atoms with Gasteiger partial charge in [-0.25, -0.2) is 9.97 Å². The molecule has 0 unspecified atom stereocenters. The summed E-state index contributed by atoms with van der Waals surface area (Å²) < 4.78 is 43.1. The van der Waals surface area contributed by atoms with Crippen LogP contribution in [0.15, 0.2) is 42.6 Å². The topological polar surface area (TPSA) is 89.4 Å². The largest absolute Gasteiger partial charge is 0.573 e. The van der Waals surface area contributed by atoms with Crippen LogP contribution in [0.3, 0.4) is 0 Å². The number of imidazole rings is 1. The van der Waals surface area contributed by atoms with Gasteiger partial charge in [-0.3, -0.25) is 9.59 Å². The predicted octanol–water partition coefficient (Wildman–Crippen LogP) is 3.69. The van der Waals surface area contributed by atoms with E-state index in [0.717, 1.165) is 31.5 Å². The molecule has 1 saturated heterocycles. The Morgan fingerprint density at radius 1 is 1.14 bits per heavy atom. The van der Waals surface area contributed by atoms with Gasteiger partial charge in [0.15, 0.2) is 5.65 Å². The maximum atomic E-state index is 12.5. The first kappa shape index (κ1) is 25.5. The quantitative estimate of drug-likeness (QED) is 0.507. The van der Waals surface area contributed by atoms with Gasteiger partial charge in [0, 0.05) is 45.6 Å². The number of alkyl halides is 3. The fraction of sp³-hybridized carbons (Fsp3) is 0.440. The number of carbonyl (C=O) groups excluding carboxylic acids is 2. The van der Waals surface area contributed by atoms with E-state index in [1.54, 1.807) is 31.3 Å². The summed E-state index contributed by atoms with van der Waals surface area (Å²) in [5.74, 6) is 0.736. The van der Waals surface area contributed by atoms with Crippen molar-refractivity contribution >= 4 is 23.0 Å². The van der Waals surface area contributed by atoms with Gasteiger partial charge in [0.25, 0.3) is 0 Å². The Hall–Kier alpha value is -3.63. The molecule has 1 aromatic carbocycles. The molecule has 0 atom stereocenters. The molecule has 36 heavy (non-hydrogen) atoms. The normalized spacial score (nSPS) is 14.7. The summed E-state index contributed by atoms with van der Waals surface area (Å²) >= 11 is 0. The minimum Gasteiger partial charge on any atom is -0.406 e. The Kier molecular flexibility index (Phi) is 7.76. The van der Waals surface area contributed by atoms with E-state index in [0.29, 0.717) is 42.4 Å². The predicted molar refractivity (Wildman–Crippen MR) is 126 cm³/mol. The van der Waals surface area contributed by atoms with Crippen LogP contribution in [0.5, 0.6) is 5.75 Å². The standard InChI is InChI=1S/C25H28F3N5O3/c1-17(34)32-13-10-18(11-14-32)15-30-23(35)9-8-22-31-21-3-2-12-29-24(21)33(22)16-19-4-6-20(7-5-19)36-25(26,27)28/h2-7,12,18H,8-11,13-16H2,1H3,(H,30,35). The van der Waals surface area contributed by atoms with Gasteiger partial charge in [0.05, 0.1) is 6.54 Å². The molecule has 3 aromatic rings. The number of ether oxygens (including phenoxy) is 1. The van der Waals surface area contributed by atoms with E-state index in [4.69, 9.17) is 0 Å². The molecular formula is C25H28F3N5O3. The zero-order valence-electron chi connectivity index (χ0n) is 19.9. The van der Waals surface area contributed by atoms with E-state index >= 15 is 0 Å². The van der Waals surface area contributed by atoms with E-state index in [-0.39, 0.29) is 24.0 Å². The molecule has 3 heterocycles. The number of hydrogen-bond acceptors (Lipinski definition) is 5. The smallest absolute Gasteiger partial charge is 0.406 e. The van der Waals surface area contributed by atoms with Crippen LogP contribution in [0.25, 0.3) is 11.2 Å². The summed E-state index contributed by atoms with van der Waals surface area (Å²) in [6.45, 7) is 3.93. The molecule has 2 amide bonds. The van der Waals surface area contributed by atoms with Crippen LogP contribution in [0.4, 0.5) is 13.2 Å². The van der Waals surface area contributed by atoms with Crippen molar-refractivity contribution in [2.75, 3.05) is 19.6 Å². The SMILES string of the molecule is CC(=O)N1CCC(CNC(=O)CCc2nc3cccnc3n2Cc2ccc(OC(F)(F)F)cc2)CC1. The number of aryl methyl sites for hydroxylation is 1. The molecule has 192 valence electrons. The van der Waals surface area contributed by atoms with Crippen molar-refractivity contribution < 1.29 is 27.5 Å². The van der Waals surface area contributed by atoms with Crippen LogP contribution >= 0.6 is 0 Å². The van der Waals surface area contributed by atoms with Crippen molar-refractivity contribution in [1.29, 1.82) is 0 Å². The number of rotatable bonds is 8. The zero-order valence-corrected chi connectivity index (χ0v) is 19.9. The van der Waals surface area contributed by atoms with Gasteiger partial charge in [-0.05, 0) is 48.6 Å². The maximum Gasteiger partial charge on any atom is 0.573 e. The number of pyridine rings is 1. The molecule has 4 rings (SSSR count). The number of piperidine rings is 1. The molecule has 0 saturated carbocycles. The second-order valence-electron chi connectivity index (χ2n) is 8.91. The molecule has 0 spiro atoms. The van der Waals surface area contributed by atoms with Crippen LogP contribution in [-0.2, 0) is 22.6 Å². The van der Waals surface area contributed by atoms with Crippen molar-refractivity contribution in [3.63, 3.8) is 0 Å². The van der Waals surface area contributed by atoms with E-state index in [1.165, 1.54) is 12.1 Å². The molecule has 2 aromatic heterocycles. The average Bonchev–Trinajstić information content (AvgIpc) is 3.19. The van der Waals surface area contributed by atoms with Crippen LogP contribution in [0.2, 0.25) is 0 Å². The molecule has 11 heteroatoms. The second kappa shape index (κ2) is 11.0. The first-order valence-corrected chi connectivity index (χ1v) is 11.8. The fourth-order valence-electron chi connectivity index (χ4n) is 4.37. The highest BCUT2D eigenvalue weighted by Gasteiger charge is 2.31. The van der Waals surface area contributed by atoms with Crippen LogP contribution in [0.1, 0.15) is 37.6 Å². The third kappa shape index (κ3) is 6.73. The van der Waals surface area contributed by atoms with E-state index < -0.39 is 6.36 Å². The first-order chi connectivity index (χ1) is 17.2. The molecule has 8 nitrogen and oxygen atoms in total. The summed E-state index contributed by atoms with van der Waals surface area (Å²) in [4.78, 5) is 34.9. The highest BCUT2D eigenvalue weighted by Crippen LogP contribution is 2.24. The Labute approximate surface area is 206 Å². The lowest BCUT2D eigenvalue weighted by Crippen LogP contribution is -2.40. The molecule has 0 radical (unpaired) electrons. The summed E-state index contributed by atoms with van der Waals surface area (Å²) in [6.07, 6.45) is -0.725. The second-order valence-corrected chi connectivity index (χ2v) is 8.91. The van der Waals surface area contributed by atoms with Crippen molar-refractivity contribution in [2.24, 2.45) is 5.92 Å². The number of aromatic nitrogens is 3. The number of nitrogens with one attached hydrogen (secondary N) is 1. The molecule has 1 N–H and O–H groups in total. The van der Waals surface area contributed by atoms with Crippen LogP contribution < -0.4 is 10.1 Å². The van der Waals surface area contributed by atoms with Gasteiger partial charge in [-0.2, -0.15) is 0 Å². The summed E-state index contributed by atoms with van der Waals surface area (Å²) in [5.41, 5.74) is 2.07. The maximum absolute atomic E-state index is 12.5. The van der Waals surface area contributed by atoms with E-state index in [2.05, 4.69) is 20.0 Å². The van der Waals surface area contributed by atoms with Gasteiger partial charge in [-0.1, -0.05) is 12.1 Å². The lowest BCUT2D eigenvalue weighted by atomic mass is 9.96. The highest BCUT2D eigenvalue weighted by atomic mass is 19.4. The minimum atomic E-state index is -4.74. The third-order valence-electron chi connectivity index (χ3n) is 6.30. The Morgan fingerprint density at radius 3 is 2.53 bits per heavy atom. The number of halogens is 3. The number of fused-ring (bicyclic) bond motifs is 1. The molecule has 1 aliphatic heterocycles. The van der Waals surface area contributed by atoms with Gasteiger partial charge >= 0.3 is 6.36 Å². The summed E-state index contributed by atoms with van der Waals surface area (Å²) in [7, 11) is 0. The number of nitrogens with zero attached hydrogens (tertiary/aromatic N) is 4. The van der Waals surface area contributed by atoms with Crippen LogP contribution in [-0.4, -0.2) is 57.2 Å². The van der Waals surface area contributed by atoms with Crippen molar-refractivity contribution in [2.45, 2.75) is 45.5 Å². The lowest BCUT2D eigenvalue weighted by Gasteiger charge is -2.31. The number of amides is 2. The zero-order chi connectivity index (χ0) is 25.7. The summed E-state index contributed by atoms with van der Waals surface area (Å²) in [6, 6.07) is 9.26.